The highest BCUT2D eigenvalue weighted by Gasteiger charge is 2.14. The first-order valence-electron chi connectivity index (χ1n) is 9.89. The molecule has 5 nitrogen and oxygen atoms in total. The van der Waals surface area contributed by atoms with E-state index in [0.717, 1.165) is 40.2 Å². The maximum Gasteiger partial charge on any atom is 0.315 e. The maximum absolute atomic E-state index is 12.2. The van der Waals surface area contributed by atoms with Crippen LogP contribution in [-0.2, 0) is 0 Å². The number of carbonyl (C=O) groups excluding carboxylic acids is 1. The van der Waals surface area contributed by atoms with E-state index in [0.29, 0.717) is 19.8 Å². The molecule has 0 spiro atoms. The topological polar surface area (TPSA) is 59.6 Å². The lowest BCUT2D eigenvalue weighted by Gasteiger charge is -2.19. The number of benzene rings is 2. The standard InChI is InChI=1S/C23H32N2O3/c1-6-27-21-12-11-16(2)15-20(21)19(5)25-23(26)24-13-8-14-28-22-17(3)9-7-10-18(22)4/h7,9-12,15,19H,6,8,13-14H2,1-5H3,(H2,24,25,26). The lowest BCUT2D eigenvalue weighted by molar-refractivity contribution is 0.235. The molecule has 0 aliphatic carbocycles. The number of para-hydroxylation sites is 1. The van der Waals surface area contributed by atoms with Gasteiger partial charge in [-0.2, -0.15) is 0 Å². The van der Waals surface area contributed by atoms with E-state index in [9.17, 15) is 4.79 Å². The van der Waals surface area contributed by atoms with Crippen LogP contribution in [0.15, 0.2) is 36.4 Å². The molecule has 2 amide bonds. The van der Waals surface area contributed by atoms with Crippen LogP contribution < -0.4 is 20.1 Å². The van der Waals surface area contributed by atoms with Crippen LogP contribution in [0.4, 0.5) is 4.79 Å². The molecule has 0 saturated heterocycles. The highest BCUT2D eigenvalue weighted by atomic mass is 16.5. The van der Waals surface area contributed by atoms with E-state index in [1.807, 2.05) is 71.0 Å². The smallest absolute Gasteiger partial charge is 0.315 e. The van der Waals surface area contributed by atoms with E-state index >= 15 is 0 Å². The van der Waals surface area contributed by atoms with Crippen LogP contribution in [0.1, 0.15) is 48.6 Å². The number of urea groups is 1. The normalized spacial score (nSPS) is 11.6. The second-order valence-corrected chi connectivity index (χ2v) is 7.02. The van der Waals surface area contributed by atoms with Crippen molar-refractivity contribution in [2.24, 2.45) is 0 Å². The maximum atomic E-state index is 12.2. The van der Waals surface area contributed by atoms with E-state index in [2.05, 4.69) is 10.6 Å². The number of amides is 2. The third-order valence-electron chi connectivity index (χ3n) is 4.54. The molecule has 0 fully saturated rings. The molecular weight excluding hydrogens is 352 g/mol. The average molecular weight is 385 g/mol. The second kappa shape index (κ2) is 10.6. The molecule has 28 heavy (non-hydrogen) atoms. The summed E-state index contributed by atoms with van der Waals surface area (Å²) in [6.45, 7) is 11.7. The molecule has 152 valence electrons. The quantitative estimate of drug-likeness (QED) is 0.608. The average Bonchev–Trinajstić information content (AvgIpc) is 2.65. The largest absolute Gasteiger partial charge is 0.494 e. The van der Waals surface area contributed by atoms with Crippen LogP contribution in [0.3, 0.4) is 0 Å². The van der Waals surface area contributed by atoms with Crippen molar-refractivity contribution in [2.45, 2.75) is 47.1 Å². The van der Waals surface area contributed by atoms with Gasteiger partial charge in [-0.25, -0.2) is 4.79 Å². The van der Waals surface area contributed by atoms with Gasteiger partial charge >= 0.3 is 6.03 Å². The van der Waals surface area contributed by atoms with Gasteiger partial charge in [0.2, 0.25) is 0 Å². The van der Waals surface area contributed by atoms with Crippen molar-refractivity contribution in [1.29, 1.82) is 0 Å². The Hall–Kier alpha value is -2.69. The second-order valence-electron chi connectivity index (χ2n) is 7.02. The van der Waals surface area contributed by atoms with Gasteiger partial charge in [-0.3, -0.25) is 0 Å². The van der Waals surface area contributed by atoms with E-state index in [4.69, 9.17) is 9.47 Å². The third-order valence-corrected chi connectivity index (χ3v) is 4.54. The van der Waals surface area contributed by atoms with E-state index < -0.39 is 0 Å². The van der Waals surface area contributed by atoms with Gasteiger partial charge < -0.3 is 20.1 Å². The summed E-state index contributed by atoms with van der Waals surface area (Å²) in [5.74, 6) is 1.74. The van der Waals surface area contributed by atoms with Gasteiger partial charge in [0.15, 0.2) is 0 Å². The first kappa shape index (κ1) is 21.6. The fraction of sp³-hybridized carbons (Fsp3) is 0.435. The minimum Gasteiger partial charge on any atom is -0.494 e. The monoisotopic (exact) mass is 384 g/mol. The Bertz CT molecular complexity index is 769. The van der Waals surface area contributed by atoms with Crippen LogP contribution in [-0.4, -0.2) is 25.8 Å². The summed E-state index contributed by atoms with van der Waals surface area (Å²) < 4.78 is 11.5. The number of hydrogen-bond donors (Lipinski definition) is 2. The van der Waals surface area contributed by atoms with Crippen LogP contribution in [0, 0.1) is 20.8 Å². The number of nitrogens with one attached hydrogen (secondary N) is 2. The summed E-state index contributed by atoms with van der Waals surface area (Å²) >= 11 is 0. The molecule has 2 rings (SSSR count). The predicted octanol–water partition coefficient (Wildman–Crippen LogP) is 4.84. The van der Waals surface area contributed by atoms with Crippen molar-refractivity contribution in [2.75, 3.05) is 19.8 Å². The first-order valence-corrected chi connectivity index (χ1v) is 9.89. The summed E-state index contributed by atoms with van der Waals surface area (Å²) in [4.78, 5) is 12.2. The van der Waals surface area contributed by atoms with Crippen LogP contribution >= 0.6 is 0 Å². The van der Waals surface area contributed by atoms with Gasteiger partial charge in [0.25, 0.3) is 0 Å². The molecule has 0 radical (unpaired) electrons. The van der Waals surface area contributed by atoms with Crippen molar-refractivity contribution in [3.63, 3.8) is 0 Å². The molecule has 0 aromatic heterocycles. The molecule has 1 unspecified atom stereocenters. The van der Waals surface area contributed by atoms with Crippen LogP contribution in [0.5, 0.6) is 11.5 Å². The molecule has 5 heteroatoms. The fourth-order valence-electron chi connectivity index (χ4n) is 3.09. The summed E-state index contributed by atoms with van der Waals surface area (Å²) in [5.41, 5.74) is 4.37. The Labute approximate surface area is 168 Å². The van der Waals surface area contributed by atoms with E-state index in [1.165, 1.54) is 0 Å². The number of rotatable bonds is 9. The van der Waals surface area contributed by atoms with Gasteiger partial charge in [0, 0.05) is 12.1 Å². The molecule has 2 aromatic rings. The Morgan fingerprint density at radius 2 is 1.79 bits per heavy atom. The minimum atomic E-state index is -0.191. The van der Waals surface area contributed by atoms with Gasteiger partial charge in [-0.1, -0.05) is 35.9 Å². The van der Waals surface area contributed by atoms with Crippen LogP contribution in [0.2, 0.25) is 0 Å². The Balaban J connectivity index is 1.77. The molecule has 0 saturated carbocycles. The van der Waals surface area contributed by atoms with Gasteiger partial charge in [-0.05, 0) is 58.2 Å². The van der Waals surface area contributed by atoms with Crippen molar-refractivity contribution in [3.8, 4) is 11.5 Å². The molecule has 1 atom stereocenters. The number of carbonyl (C=O) groups is 1. The summed E-state index contributed by atoms with van der Waals surface area (Å²) in [6, 6.07) is 11.8. The Morgan fingerprint density at radius 3 is 2.46 bits per heavy atom. The van der Waals surface area contributed by atoms with E-state index in [1.54, 1.807) is 0 Å². The highest BCUT2D eigenvalue weighted by Crippen LogP contribution is 2.26. The molecule has 2 N–H and O–H groups in total. The molecule has 0 bridgehead atoms. The Morgan fingerprint density at radius 1 is 1.07 bits per heavy atom. The number of ether oxygens (including phenoxy) is 2. The zero-order valence-corrected chi connectivity index (χ0v) is 17.6. The summed E-state index contributed by atoms with van der Waals surface area (Å²) in [7, 11) is 0. The summed E-state index contributed by atoms with van der Waals surface area (Å²) in [6.07, 6.45) is 0.740. The number of hydrogen-bond acceptors (Lipinski definition) is 3. The van der Waals surface area contributed by atoms with Gasteiger partial charge in [-0.15, -0.1) is 0 Å². The van der Waals surface area contributed by atoms with Crippen molar-refractivity contribution < 1.29 is 14.3 Å². The zero-order valence-electron chi connectivity index (χ0n) is 17.6. The molecule has 2 aromatic carbocycles. The highest BCUT2D eigenvalue weighted by molar-refractivity contribution is 5.74. The molecular formula is C23H32N2O3. The fourth-order valence-corrected chi connectivity index (χ4v) is 3.09. The molecule has 0 aliphatic rings. The lowest BCUT2D eigenvalue weighted by atomic mass is 10.0. The van der Waals surface area contributed by atoms with Gasteiger partial charge in [0.1, 0.15) is 11.5 Å². The number of aryl methyl sites for hydroxylation is 3. The SMILES string of the molecule is CCOc1ccc(C)cc1C(C)NC(=O)NCCCOc1c(C)cccc1C. The van der Waals surface area contributed by atoms with Crippen molar-refractivity contribution in [1.82, 2.24) is 10.6 Å². The zero-order chi connectivity index (χ0) is 20.5. The molecule has 0 aliphatic heterocycles. The van der Waals surface area contributed by atoms with Gasteiger partial charge in [0.05, 0.1) is 19.3 Å². The van der Waals surface area contributed by atoms with Crippen molar-refractivity contribution in [3.05, 3.63) is 58.7 Å². The lowest BCUT2D eigenvalue weighted by Crippen LogP contribution is -2.38. The third kappa shape index (κ3) is 6.19. The first-order chi connectivity index (χ1) is 13.4. The predicted molar refractivity (Wildman–Crippen MR) is 113 cm³/mol. The van der Waals surface area contributed by atoms with Crippen molar-refractivity contribution >= 4 is 6.03 Å². The minimum absolute atomic E-state index is 0.146. The summed E-state index contributed by atoms with van der Waals surface area (Å²) in [5, 5.41) is 5.87. The molecule has 0 heterocycles. The van der Waals surface area contributed by atoms with E-state index in [-0.39, 0.29) is 12.1 Å². The Kier molecular flexibility index (Phi) is 8.18. The van der Waals surface area contributed by atoms with Crippen LogP contribution in [0.25, 0.3) is 0 Å².